The zero-order valence-electron chi connectivity index (χ0n) is 12.1. The number of halogens is 2. The number of aryl methyl sites for hydroxylation is 1. The second kappa shape index (κ2) is 7.16. The van der Waals surface area contributed by atoms with E-state index in [4.69, 9.17) is 33.7 Å². The molecule has 0 amide bonds. The number of hydrogen-bond donors (Lipinski definition) is 1. The Kier molecular flexibility index (Phi) is 5.51. The molecular weight excluding hydrogens is 309 g/mol. The van der Waals surface area contributed by atoms with Crippen LogP contribution in [0.4, 0.5) is 0 Å². The Hall–Kier alpha value is -1.23. The summed E-state index contributed by atoms with van der Waals surface area (Å²) in [6, 6.07) is 5.53. The summed E-state index contributed by atoms with van der Waals surface area (Å²) in [6.07, 6.45) is 3.19. The second-order valence-electron chi connectivity index (χ2n) is 5.10. The first-order valence-corrected chi connectivity index (χ1v) is 7.56. The average molecular weight is 328 g/mol. The summed E-state index contributed by atoms with van der Waals surface area (Å²) in [7, 11) is 1.91. The van der Waals surface area contributed by atoms with Crippen LogP contribution in [0.1, 0.15) is 18.2 Å². The topological polar surface area (TPSA) is 53.1 Å². The van der Waals surface area contributed by atoms with Gasteiger partial charge in [-0.25, -0.2) is 0 Å². The lowest BCUT2D eigenvalue weighted by Gasteiger charge is -2.15. The monoisotopic (exact) mass is 327 g/mol. The van der Waals surface area contributed by atoms with E-state index < -0.39 is 0 Å². The molecule has 1 aromatic carbocycles. The Balaban J connectivity index is 2.09. The molecule has 0 spiro atoms. The van der Waals surface area contributed by atoms with Gasteiger partial charge in [-0.1, -0.05) is 23.2 Å². The third-order valence-electron chi connectivity index (χ3n) is 3.15. The first-order chi connectivity index (χ1) is 9.97. The van der Waals surface area contributed by atoms with Gasteiger partial charge in [-0.15, -0.1) is 0 Å². The number of nitrogens with zero attached hydrogens (tertiary/aromatic N) is 2. The van der Waals surface area contributed by atoms with Gasteiger partial charge in [0.1, 0.15) is 5.75 Å². The fourth-order valence-electron chi connectivity index (χ4n) is 2.18. The van der Waals surface area contributed by atoms with E-state index in [1.807, 2.05) is 30.8 Å². The first kappa shape index (κ1) is 16.1. The van der Waals surface area contributed by atoms with Crippen molar-refractivity contribution in [3.8, 4) is 5.75 Å². The highest BCUT2D eigenvalue weighted by atomic mass is 35.5. The molecule has 0 saturated heterocycles. The van der Waals surface area contributed by atoms with Crippen LogP contribution < -0.4 is 10.5 Å². The van der Waals surface area contributed by atoms with Crippen molar-refractivity contribution in [3.05, 3.63) is 45.7 Å². The predicted octanol–water partition coefficient (Wildman–Crippen LogP) is 3.24. The Morgan fingerprint density at radius 2 is 2.14 bits per heavy atom. The number of aromatic nitrogens is 2. The van der Waals surface area contributed by atoms with E-state index in [1.54, 1.807) is 12.3 Å². The van der Waals surface area contributed by atoms with E-state index in [-0.39, 0.29) is 6.04 Å². The molecule has 2 N–H and O–H groups in total. The van der Waals surface area contributed by atoms with Gasteiger partial charge in [-0.05, 0) is 37.1 Å². The summed E-state index contributed by atoms with van der Waals surface area (Å²) in [5.41, 5.74) is 7.91. The fourth-order valence-corrected chi connectivity index (χ4v) is 2.77. The number of benzene rings is 1. The van der Waals surface area contributed by atoms with E-state index in [1.165, 1.54) is 0 Å². The van der Waals surface area contributed by atoms with Crippen LogP contribution in [0, 0.1) is 0 Å². The van der Waals surface area contributed by atoms with Crippen molar-refractivity contribution in [2.45, 2.75) is 25.8 Å². The molecule has 0 saturated carbocycles. The molecule has 0 aliphatic rings. The van der Waals surface area contributed by atoms with Crippen molar-refractivity contribution in [3.63, 3.8) is 0 Å². The molecule has 0 aliphatic carbocycles. The predicted molar refractivity (Wildman–Crippen MR) is 86.2 cm³/mol. The van der Waals surface area contributed by atoms with Crippen LogP contribution in [0.2, 0.25) is 10.0 Å². The highest BCUT2D eigenvalue weighted by Gasteiger charge is 2.12. The SMILES string of the molecule is CC(N)Cc1cc(Cl)cc(Cl)c1OCCc1ccnn1C. The lowest BCUT2D eigenvalue weighted by Crippen LogP contribution is -2.18. The van der Waals surface area contributed by atoms with E-state index in [0.717, 1.165) is 17.7 Å². The molecule has 1 atom stereocenters. The lowest BCUT2D eigenvalue weighted by molar-refractivity contribution is 0.315. The average Bonchev–Trinajstić information content (AvgIpc) is 2.77. The first-order valence-electron chi connectivity index (χ1n) is 6.80. The summed E-state index contributed by atoms with van der Waals surface area (Å²) in [4.78, 5) is 0. The van der Waals surface area contributed by atoms with Crippen molar-refractivity contribution >= 4 is 23.2 Å². The molecule has 2 rings (SSSR count). The molecule has 6 heteroatoms. The number of hydrogen-bond acceptors (Lipinski definition) is 3. The molecule has 0 fully saturated rings. The van der Waals surface area contributed by atoms with Gasteiger partial charge < -0.3 is 10.5 Å². The zero-order valence-corrected chi connectivity index (χ0v) is 13.7. The van der Waals surface area contributed by atoms with Crippen LogP contribution in [0.15, 0.2) is 24.4 Å². The van der Waals surface area contributed by atoms with Gasteiger partial charge in [0.15, 0.2) is 0 Å². The maximum absolute atomic E-state index is 6.24. The maximum Gasteiger partial charge on any atom is 0.141 e. The molecule has 0 aliphatic heterocycles. The quantitative estimate of drug-likeness (QED) is 0.886. The third-order valence-corrected chi connectivity index (χ3v) is 3.65. The smallest absolute Gasteiger partial charge is 0.141 e. The molecule has 1 unspecified atom stereocenters. The highest BCUT2D eigenvalue weighted by molar-refractivity contribution is 6.35. The summed E-state index contributed by atoms with van der Waals surface area (Å²) in [5.74, 6) is 0.667. The zero-order chi connectivity index (χ0) is 15.4. The third kappa shape index (κ3) is 4.37. The number of rotatable bonds is 6. The van der Waals surface area contributed by atoms with Crippen molar-refractivity contribution in [2.75, 3.05) is 6.61 Å². The normalized spacial score (nSPS) is 12.4. The molecule has 21 heavy (non-hydrogen) atoms. The maximum atomic E-state index is 6.24. The van der Waals surface area contributed by atoms with Crippen molar-refractivity contribution < 1.29 is 4.74 Å². The van der Waals surface area contributed by atoms with E-state index in [0.29, 0.717) is 28.8 Å². The minimum absolute atomic E-state index is 0.0129. The summed E-state index contributed by atoms with van der Waals surface area (Å²) >= 11 is 12.3. The van der Waals surface area contributed by atoms with Crippen LogP contribution in [0.3, 0.4) is 0 Å². The summed E-state index contributed by atoms with van der Waals surface area (Å²) in [5, 5.41) is 5.24. The Morgan fingerprint density at radius 1 is 1.38 bits per heavy atom. The van der Waals surface area contributed by atoms with Crippen LogP contribution >= 0.6 is 23.2 Å². The van der Waals surface area contributed by atoms with Crippen molar-refractivity contribution in [1.29, 1.82) is 0 Å². The second-order valence-corrected chi connectivity index (χ2v) is 5.95. The minimum Gasteiger partial charge on any atom is -0.491 e. The van der Waals surface area contributed by atoms with E-state index in [9.17, 15) is 0 Å². The Morgan fingerprint density at radius 3 is 2.76 bits per heavy atom. The van der Waals surface area contributed by atoms with Gasteiger partial charge in [0.2, 0.25) is 0 Å². The van der Waals surface area contributed by atoms with Crippen LogP contribution in [-0.4, -0.2) is 22.4 Å². The molecule has 2 aromatic rings. The van der Waals surface area contributed by atoms with E-state index >= 15 is 0 Å². The Labute approximate surface area is 134 Å². The van der Waals surface area contributed by atoms with Gasteiger partial charge in [0.25, 0.3) is 0 Å². The lowest BCUT2D eigenvalue weighted by atomic mass is 10.1. The number of ether oxygens (including phenoxy) is 1. The minimum atomic E-state index is 0.0129. The van der Waals surface area contributed by atoms with Crippen LogP contribution in [0.5, 0.6) is 5.75 Å². The largest absolute Gasteiger partial charge is 0.491 e. The Bertz CT molecular complexity index is 611. The molecular formula is C15H19Cl2N3O. The standard InChI is InChI=1S/C15H19Cl2N3O/c1-10(18)7-11-8-12(16)9-14(17)15(11)21-6-4-13-3-5-19-20(13)2/h3,5,8-10H,4,6-7,18H2,1-2H3. The van der Waals surface area contributed by atoms with Crippen molar-refractivity contribution in [2.24, 2.45) is 12.8 Å². The van der Waals surface area contributed by atoms with Gasteiger partial charge in [-0.2, -0.15) is 5.10 Å². The molecule has 0 radical (unpaired) electrons. The molecule has 1 heterocycles. The fraction of sp³-hybridized carbons (Fsp3) is 0.400. The molecule has 114 valence electrons. The molecule has 4 nitrogen and oxygen atoms in total. The van der Waals surface area contributed by atoms with E-state index in [2.05, 4.69) is 5.10 Å². The van der Waals surface area contributed by atoms with Gasteiger partial charge >= 0.3 is 0 Å². The summed E-state index contributed by atoms with van der Waals surface area (Å²) in [6.45, 7) is 2.46. The van der Waals surface area contributed by atoms with Gasteiger partial charge in [-0.3, -0.25) is 4.68 Å². The van der Waals surface area contributed by atoms with Crippen LogP contribution in [-0.2, 0) is 19.9 Å². The molecule has 1 aromatic heterocycles. The number of nitrogens with two attached hydrogens (primary N) is 1. The summed E-state index contributed by atoms with van der Waals surface area (Å²) < 4.78 is 7.69. The van der Waals surface area contributed by atoms with Crippen LogP contribution in [0.25, 0.3) is 0 Å². The van der Waals surface area contributed by atoms with Crippen molar-refractivity contribution in [1.82, 2.24) is 9.78 Å². The molecule has 0 bridgehead atoms. The van der Waals surface area contributed by atoms with Gasteiger partial charge in [0, 0.05) is 36.4 Å². The van der Waals surface area contributed by atoms with Gasteiger partial charge in [0.05, 0.1) is 11.6 Å². The highest BCUT2D eigenvalue weighted by Crippen LogP contribution is 2.33.